The van der Waals surface area contributed by atoms with Gasteiger partial charge in [0.2, 0.25) is 5.91 Å². The van der Waals surface area contributed by atoms with Crippen LogP contribution in [0.5, 0.6) is 0 Å². The standard InChI is InChI=1S/C15H13F3N2O/c1-8(9-2-4-11(16)13(18)6-9)20-14-7-10(15(19)21)3-5-12(14)17/h2-8,20H,1H3,(H2,19,21). The summed E-state index contributed by atoms with van der Waals surface area (Å²) >= 11 is 0. The Morgan fingerprint density at radius 3 is 2.33 bits per heavy atom. The van der Waals surface area contributed by atoms with Crippen LogP contribution in [-0.4, -0.2) is 5.91 Å². The third-order valence-electron chi connectivity index (χ3n) is 3.07. The van der Waals surface area contributed by atoms with E-state index in [1.165, 1.54) is 18.2 Å². The molecular formula is C15H13F3N2O. The van der Waals surface area contributed by atoms with Crippen LogP contribution in [0.1, 0.15) is 28.9 Å². The van der Waals surface area contributed by atoms with Crippen molar-refractivity contribution >= 4 is 11.6 Å². The molecule has 6 heteroatoms. The molecule has 21 heavy (non-hydrogen) atoms. The van der Waals surface area contributed by atoms with Gasteiger partial charge in [-0.2, -0.15) is 0 Å². The van der Waals surface area contributed by atoms with Crippen molar-refractivity contribution < 1.29 is 18.0 Å². The van der Waals surface area contributed by atoms with Crippen LogP contribution >= 0.6 is 0 Å². The zero-order valence-corrected chi connectivity index (χ0v) is 11.2. The Bertz CT molecular complexity index is 689. The van der Waals surface area contributed by atoms with Crippen molar-refractivity contribution in [1.29, 1.82) is 0 Å². The van der Waals surface area contributed by atoms with Crippen molar-refractivity contribution in [2.75, 3.05) is 5.32 Å². The number of rotatable bonds is 4. The van der Waals surface area contributed by atoms with E-state index in [-0.39, 0.29) is 11.3 Å². The lowest BCUT2D eigenvalue weighted by Crippen LogP contribution is -2.13. The van der Waals surface area contributed by atoms with Gasteiger partial charge in [0.05, 0.1) is 5.69 Å². The van der Waals surface area contributed by atoms with E-state index in [0.717, 1.165) is 18.2 Å². The maximum atomic E-state index is 13.7. The number of benzene rings is 2. The number of amides is 1. The first-order valence-corrected chi connectivity index (χ1v) is 6.19. The molecule has 0 fully saturated rings. The summed E-state index contributed by atoms with van der Waals surface area (Å²) in [6.45, 7) is 1.66. The minimum Gasteiger partial charge on any atom is -0.376 e. The van der Waals surface area contributed by atoms with E-state index in [1.807, 2.05) is 0 Å². The van der Waals surface area contributed by atoms with Gasteiger partial charge in [0.25, 0.3) is 0 Å². The van der Waals surface area contributed by atoms with Crippen LogP contribution < -0.4 is 11.1 Å². The van der Waals surface area contributed by atoms with Gasteiger partial charge in [-0.1, -0.05) is 6.07 Å². The average Bonchev–Trinajstić information content (AvgIpc) is 2.43. The molecule has 2 rings (SSSR count). The molecule has 0 aliphatic heterocycles. The maximum absolute atomic E-state index is 13.7. The molecule has 0 bridgehead atoms. The topological polar surface area (TPSA) is 55.1 Å². The number of halogens is 3. The summed E-state index contributed by atoms with van der Waals surface area (Å²) in [5.41, 5.74) is 5.78. The number of carbonyl (C=O) groups excluding carboxylic acids is 1. The Kier molecular flexibility index (Phi) is 4.16. The largest absolute Gasteiger partial charge is 0.376 e. The highest BCUT2D eigenvalue weighted by Crippen LogP contribution is 2.23. The Labute approximate surface area is 119 Å². The summed E-state index contributed by atoms with van der Waals surface area (Å²) in [5, 5.41) is 2.80. The van der Waals surface area contributed by atoms with Gasteiger partial charge in [-0.25, -0.2) is 13.2 Å². The molecule has 2 aromatic carbocycles. The van der Waals surface area contributed by atoms with Gasteiger partial charge in [-0.15, -0.1) is 0 Å². The zero-order chi connectivity index (χ0) is 15.6. The molecule has 0 aliphatic rings. The summed E-state index contributed by atoms with van der Waals surface area (Å²) in [5.74, 6) is -3.19. The molecule has 3 N–H and O–H groups in total. The Hall–Kier alpha value is -2.50. The van der Waals surface area contributed by atoms with Crippen LogP contribution in [-0.2, 0) is 0 Å². The monoisotopic (exact) mass is 294 g/mol. The van der Waals surface area contributed by atoms with E-state index < -0.39 is 29.4 Å². The minimum atomic E-state index is -0.979. The molecule has 1 amide bonds. The Morgan fingerprint density at radius 1 is 1.05 bits per heavy atom. The van der Waals surface area contributed by atoms with Gasteiger partial charge in [0.15, 0.2) is 11.6 Å². The number of nitrogens with two attached hydrogens (primary N) is 1. The first kappa shape index (κ1) is 14.9. The lowest BCUT2D eigenvalue weighted by Gasteiger charge is -2.17. The molecule has 3 nitrogen and oxygen atoms in total. The second kappa shape index (κ2) is 5.87. The van der Waals surface area contributed by atoms with Gasteiger partial charge in [0.1, 0.15) is 5.82 Å². The van der Waals surface area contributed by atoms with Crippen LogP contribution in [0.4, 0.5) is 18.9 Å². The SMILES string of the molecule is CC(Nc1cc(C(N)=O)ccc1F)c1ccc(F)c(F)c1. The molecule has 0 aliphatic carbocycles. The van der Waals surface area contributed by atoms with Crippen molar-refractivity contribution in [1.82, 2.24) is 0 Å². The fourth-order valence-corrected chi connectivity index (χ4v) is 1.89. The Balaban J connectivity index is 2.26. The van der Waals surface area contributed by atoms with Gasteiger partial charge >= 0.3 is 0 Å². The highest BCUT2D eigenvalue weighted by Gasteiger charge is 2.13. The van der Waals surface area contributed by atoms with Gasteiger partial charge < -0.3 is 11.1 Å². The molecule has 0 radical (unpaired) electrons. The van der Waals surface area contributed by atoms with Crippen LogP contribution in [0, 0.1) is 17.5 Å². The summed E-state index contributed by atoms with van der Waals surface area (Å²) in [6.07, 6.45) is 0. The smallest absolute Gasteiger partial charge is 0.248 e. The molecule has 0 saturated carbocycles. The second-order valence-corrected chi connectivity index (χ2v) is 4.60. The third kappa shape index (κ3) is 3.34. The molecule has 0 aromatic heterocycles. The van der Waals surface area contributed by atoms with Gasteiger partial charge in [0, 0.05) is 11.6 Å². The lowest BCUT2D eigenvalue weighted by molar-refractivity contribution is 0.100. The van der Waals surface area contributed by atoms with E-state index in [2.05, 4.69) is 5.32 Å². The number of hydrogen-bond acceptors (Lipinski definition) is 2. The van der Waals surface area contributed by atoms with E-state index in [9.17, 15) is 18.0 Å². The number of nitrogens with one attached hydrogen (secondary N) is 1. The van der Waals surface area contributed by atoms with Crippen molar-refractivity contribution in [3.63, 3.8) is 0 Å². The molecule has 110 valence electrons. The summed E-state index contributed by atoms with van der Waals surface area (Å²) < 4.78 is 39.8. The average molecular weight is 294 g/mol. The predicted octanol–water partition coefficient (Wildman–Crippen LogP) is 3.38. The Morgan fingerprint density at radius 2 is 1.71 bits per heavy atom. The van der Waals surface area contributed by atoms with E-state index in [0.29, 0.717) is 5.56 Å². The highest BCUT2D eigenvalue weighted by atomic mass is 19.2. The molecule has 0 saturated heterocycles. The molecule has 0 spiro atoms. The summed E-state index contributed by atoms with van der Waals surface area (Å²) in [7, 11) is 0. The number of primary amides is 1. The number of hydrogen-bond donors (Lipinski definition) is 2. The zero-order valence-electron chi connectivity index (χ0n) is 11.2. The quantitative estimate of drug-likeness (QED) is 0.908. The normalized spacial score (nSPS) is 12.0. The number of anilines is 1. The molecule has 1 unspecified atom stereocenters. The van der Waals surface area contributed by atoms with Crippen LogP contribution in [0.15, 0.2) is 36.4 Å². The van der Waals surface area contributed by atoms with Gasteiger partial charge in [-0.3, -0.25) is 4.79 Å². The molecule has 0 heterocycles. The highest BCUT2D eigenvalue weighted by molar-refractivity contribution is 5.93. The molecule has 1 atom stereocenters. The molecular weight excluding hydrogens is 281 g/mol. The fraction of sp³-hybridized carbons (Fsp3) is 0.133. The van der Waals surface area contributed by atoms with Crippen molar-refractivity contribution in [3.05, 3.63) is 65.0 Å². The van der Waals surface area contributed by atoms with Crippen molar-refractivity contribution in [2.45, 2.75) is 13.0 Å². The van der Waals surface area contributed by atoms with Gasteiger partial charge in [-0.05, 0) is 42.8 Å². The van der Waals surface area contributed by atoms with E-state index in [4.69, 9.17) is 5.73 Å². The lowest BCUT2D eigenvalue weighted by atomic mass is 10.1. The first-order valence-electron chi connectivity index (χ1n) is 6.19. The van der Waals surface area contributed by atoms with Crippen molar-refractivity contribution in [3.8, 4) is 0 Å². The third-order valence-corrected chi connectivity index (χ3v) is 3.07. The van der Waals surface area contributed by atoms with E-state index >= 15 is 0 Å². The first-order chi connectivity index (χ1) is 9.88. The van der Waals surface area contributed by atoms with E-state index in [1.54, 1.807) is 6.92 Å². The second-order valence-electron chi connectivity index (χ2n) is 4.60. The minimum absolute atomic E-state index is 0.0588. The summed E-state index contributed by atoms with van der Waals surface area (Å²) in [4.78, 5) is 11.1. The number of carbonyl (C=O) groups is 1. The van der Waals surface area contributed by atoms with Crippen LogP contribution in [0.2, 0.25) is 0 Å². The maximum Gasteiger partial charge on any atom is 0.248 e. The molecule has 2 aromatic rings. The van der Waals surface area contributed by atoms with Crippen LogP contribution in [0.3, 0.4) is 0 Å². The summed E-state index contributed by atoms with van der Waals surface area (Å²) in [6, 6.07) is 6.59. The van der Waals surface area contributed by atoms with Crippen LogP contribution in [0.25, 0.3) is 0 Å². The fourth-order valence-electron chi connectivity index (χ4n) is 1.89. The predicted molar refractivity (Wildman–Crippen MR) is 73.3 cm³/mol. The van der Waals surface area contributed by atoms with Crippen molar-refractivity contribution in [2.24, 2.45) is 5.73 Å².